The minimum absolute atomic E-state index is 0.0111. The van der Waals surface area contributed by atoms with Crippen molar-refractivity contribution in [1.29, 1.82) is 0 Å². The minimum atomic E-state index is -1.64. The van der Waals surface area contributed by atoms with Crippen molar-refractivity contribution in [2.24, 2.45) is 0 Å². The fraction of sp³-hybridized carbons (Fsp3) is 0.333. The van der Waals surface area contributed by atoms with Gasteiger partial charge in [0.2, 0.25) is 5.91 Å². The molecule has 0 saturated heterocycles. The van der Waals surface area contributed by atoms with Gasteiger partial charge in [-0.3, -0.25) is 9.59 Å². The van der Waals surface area contributed by atoms with E-state index in [2.05, 4.69) is 4.98 Å². The summed E-state index contributed by atoms with van der Waals surface area (Å²) in [4.78, 5) is 44.6. The number of nitrogens with zero attached hydrogens (tertiary/aromatic N) is 2. The Morgan fingerprint density at radius 2 is 1.97 bits per heavy atom. The molecule has 0 saturated carbocycles. The Morgan fingerprint density at radius 1 is 1.23 bits per heavy atom. The lowest BCUT2D eigenvalue weighted by molar-refractivity contribution is -0.146. The zero-order chi connectivity index (χ0) is 22.3. The molecule has 162 valence electrons. The molecule has 10 nitrogen and oxygen atoms in total. The van der Waals surface area contributed by atoms with E-state index >= 15 is 0 Å². The van der Waals surface area contributed by atoms with Gasteiger partial charge in [0.05, 0.1) is 19.3 Å². The second-order valence-corrected chi connectivity index (χ2v) is 7.08. The molecule has 0 fully saturated rings. The number of carbonyl (C=O) groups excluding carboxylic acids is 3. The second kappa shape index (κ2) is 7.55. The van der Waals surface area contributed by atoms with Crippen molar-refractivity contribution in [2.75, 3.05) is 39.7 Å². The highest BCUT2D eigenvalue weighted by molar-refractivity contribution is 6.14. The number of ether oxygens (including phenoxy) is 3. The van der Waals surface area contributed by atoms with E-state index in [0.717, 1.165) is 0 Å². The van der Waals surface area contributed by atoms with Crippen molar-refractivity contribution in [1.82, 2.24) is 9.88 Å². The van der Waals surface area contributed by atoms with Gasteiger partial charge in [0.1, 0.15) is 18.8 Å². The Kier molecular flexibility index (Phi) is 5.02. The minimum Gasteiger partial charge on any atom is -0.468 e. The number of esters is 2. The molecule has 1 unspecified atom stereocenters. The van der Waals surface area contributed by atoms with Gasteiger partial charge in [0.25, 0.3) is 6.01 Å². The standard InChI is InChI=1S/C21H21N3O7/c1-11-15(18(26)30-9-8-28-2)21(19(27)24(11)10-14(25)29-3)13-7-5-4-6-12(13)16-17(21)23-20(22)31-16/h4-7H,8-10H2,1-3H3,(H2,22,23). The third-order valence-corrected chi connectivity index (χ3v) is 5.52. The number of carbonyl (C=O) groups is 3. The smallest absolute Gasteiger partial charge is 0.337 e. The molecule has 1 spiro atoms. The molecule has 2 aliphatic rings. The monoisotopic (exact) mass is 427 g/mol. The van der Waals surface area contributed by atoms with Crippen LogP contribution in [0, 0.1) is 0 Å². The number of amides is 1. The zero-order valence-electron chi connectivity index (χ0n) is 17.3. The summed E-state index contributed by atoms with van der Waals surface area (Å²) in [6.07, 6.45) is 0. The molecular weight excluding hydrogens is 406 g/mol. The maximum atomic E-state index is 13.9. The number of fused-ring (bicyclic) bond motifs is 5. The van der Waals surface area contributed by atoms with Gasteiger partial charge in [0.15, 0.2) is 11.2 Å². The van der Waals surface area contributed by atoms with Crippen LogP contribution in [0.4, 0.5) is 6.01 Å². The second-order valence-electron chi connectivity index (χ2n) is 7.08. The first kappa shape index (κ1) is 20.6. The van der Waals surface area contributed by atoms with E-state index in [1.165, 1.54) is 19.1 Å². The number of benzene rings is 1. The van der Waals surface area contributed by atoms with E-state index in [-0.39, 0.29) is 42.7 Å². The summed E-state index contributed by atoms with van der Waals surface area (Å²) in [5.74, 6) is -1.59. The van der Waals surface area contributed by atoms with E-state index in [1.54, 1.807) is 31.2 Å². The fourth-order valence-corrected chi connectivity index (χ4v) is 4.22. The van der Waals surface area contributed by atoms with E-state index in [0.29, 0.717) is 16.9 Å². The predicted octanol–water partition coefficient (Wildman–Crippen LogP) is 1.00. The number of nitrogen functional groups attached to an aromatic ring is 1. The molecule has 1 aliphatic heterocycles. The van der Waals surface area contributed by atoms with Crippen LogP contribution in [0.15, 0.2) is 40.0 Å². The number of rotatable bonds is 6. The van der Waals surface area contributed by atoms with Crippen LogP contribution < -0.4 is 5.73 Å². The lowest BCUT2D eigenvalue weighted by Crippen LogP contribution is -2.43. The predicted molar refractivity (Wildman–Crippen MR) is 106 cm³/mol. The maximum absolute atomic E-state index is 13.9. The van der Waals surface area contributed by atoms with E-state index in [9.17, 15) is 14.4 Å². The van der Waals surface area contributed by atoms with Gasteiger partial charge in [-0.2, -0.15) is 4.98 Å². The van der Waals surface area contributed by atoms with Crippen molar-refractivity contribution in [3.05, 3.63) is 46.8 Å². The number of hydrogen-bond acceptors (Lipinski definition) is 9. The van der Waals surface area contributed by atoms with Gasteiger partial charge in [-0.1, -0.05) is 24.3 Å². The summed E-state index contributed by atoms with van der Waals surface area (Å²) >= 11 is 0. The van der Waals surface area contributed by atoms with E-state index in [4.69, 9.17) is 24.4 Å². The Hall–Kier alpha value is -3.66. The molecule has 1 atom stereocenters. The Bertz CT molecular complexity index is 1120. The molecule has 10 heteroatoms. The van der Waals surface area contributed by atoms with Crippen LogP contribution in [0.3, 0.4) is 0 Å². The molecule has 1 aliphatic carbocycles. The van der Waals surface area contributed by atoms with Crippen LogP contribution in [0.5, 0.6) is 0 Å². The Labute approximate surface area is 177 Å². The summed E-state index contributed by atoms with van der Waals surface area (Å²) in [5, 5.41) is 0. The molecule has 2 heterocycles. The highest BCUT2D eigenvalue weighted by Crippen LogP contribution is 2.57. The molecule has 0 radical (unpaired) electrons. The van der Waals surface area contributed by atoms with Crippen LogP contribution >= 0.6 is 0 Å². The lowest BCUT2D eigenvalue weighted by Gasteiger charge is -2.26. The molecule has 2 N–H and O–H groups in total. The van der Waals surface area contributed by atoms with Crippen LogP contribution in [0.2, 0.25) is 0 Å². The summed E-state index contributed by atoms with van der Waals surface area (Å²) in [6.45, 7) is 1.38. The van der Waals surface area contributed by atoms with E-state index in [1.807, 2.05) is 0 Å². The fourth-order valence-electron chi connectivity index (χ4n) is 4.22. The highest BCUT2D eigenvalue weighted by Gasteiger charge is 2.63. The number of aromatic nitrogens is 1. The Morgan fingerprint density at radius 3 is 2.68 bits per heavy atom. The van der Waals surface area contributed by atoms with Gasteiger partial charge in [-0.25, -0.2) is 4.79 Å². The van der Waals surface area contributed by atoms with Gasteiger partial charge in [-0.15, -0.1) is 0 Å². The van der Waals surface area contributed by atoms with Crippen molar-refractivity contribution < 1.29 is 33.0 Å². The largest absolute Gasteiger partial charge is 0.468 e. The van der Waals surface area contributed by atoms with Gasteiger partial charge >= 0.3 is 11.9 Å². The molecule has 0 bridgehead atoms. The van der Waals surface area contributed by atoms with Crippen LogP contribution in [-0.4, -0.2) is 61.7 Å². The molecule has 4 rings (SSSR count). The van der Waals surface area contributed by atoms with Gasteiger partial charge in [0, 0.05) is 18.4 Å². The summed E-state index contributed by atoms with van der Waals surface area (Å²) in [7, 11) is 2.70. The Balaban J connectivity index is 1.95. The lowest BCUT2D eigenvalue weighted by atomic mass is 9.74. The van der Waals surface area contributed by atoms with Crippen LogP contribution in [0.25, 0.3) is 11.3 Å². The van der Waals surface area contributed by atoms with E-state index < -0.39 is 23.3 Å². The number of oxazole rings is 1. The molecule has 2 aromatic rings. The quantitative estimate of drug-likeness (QED) is 0.529. The molecule has 31 heavy (non-hydrogen) atoms. The highest BCUT2D eigenvalue weighted by atomic mass is 16.6. The molecular formula is C21H21N3O7. The summed E-state index contributed by atoms with van der Waals surface area (Å²) in [5.41, 5.74) is 5.77. The maximum Gasteiger partial charge on any atom is 0.337 e. The summed E-state index contributed by atoms with van der Waals surface area (Å²) < 4.78 is 20.7. The van der Waals surface area contributed by atoms with Gasteiger partial charge in [-0.05, 0) is 12.5 Å². The number of methoxy groups -OCH3 is 2. The SMILES string of the molecule is COCCOC(=O)C1=C(C)N(CC(=O)OC)C(=O)C12c1ccccc1-c1oc(N)nc12. The first-order chi connectivity index (χ1) is 14.9. The zero-order valence-corrected chi connectivity index (χ0v) is 17.3. The third-order valence-electron chi connectivity index (χ3n) is 5.52. The first-order valence-electron chi connectivity index (χ1n) is 9.50. The van der Waals surface area contributed by atoms with Crippen LogP contribution in [-0.2, 0) is 34.0 Å². The number of anilines is 1. The first-order valence-corrected chi connectivity index (χ1v) is 9.50. The van der Waals surface area contributed by atoms with Crippen LogP contribution in [0.1, 0.15) is 18.2 Å². The van der Waals surface area contributed by atoms with Gasteiger partial charge < -0.3 is 29.3 Å². The number of nitrogens with two attached hydrogens (primary N) is 1. The normalized spacial score (nSPS) is 19.1. The number of hydrogen-bond donors (Lipinski definition) is 1. The molecule has 1 aromatic heterocycles. The van der Waals surface area contributed by atoms with Crippen molar-refractivity contribution in [3.63, 3.8) is 0 Å². The van der Waals surface area contributed by atoms with Crippen molar-refractivity contribution >= 4 is 23.9 Å². The summed E-state index contributed by atoms with van der Waals surface area (Å²) in [6, 6.07) is 6.86. The molecule has 1 aromatic carbocycles. The average molecular weight is 427 g/mol. The topological polar surface area (TPSA) is 134 Å². The van der Waals surface area contributed by atoms with Crippen molar-refractivity contribution in [2.45, 2.75) is 12.3 Å². The molecule has 1 amide bonds. The average Bonchev–Trinajstić information content (AvgIpc) is 3.33. The number of allylic oxidation sites excluding steroid dienone is 1. The van der Waals surface area contributed by atoms with Crippen molar-refractivity contribution in [3.8, 4) is 11.3 Å². The third kappa shape index (κ3) is 2.82.